The Balaban J connectivity index is 3.21. The van der Waals surface area contributed by atoms with Crippen molar-refractivity contribution < 1.29 is 31.4 Å². The molecule has 0 bridgehead atoms. The molecular formula is C9H12F6O. The summed E-state index contributed by atoms with van der Waals surface area (Å²) in [6, 6.07) is 0. The van der Waals surface area contributed by atoms with E-state index in [1.54, 1.807) is 0 Å². The maximum atomic E-state index is 13.2. The van der Waals surface area contributed by atoms with Crippen LogP contribution in [0.15, 0.2) is 0 Å². The lowest BCUT2D eigenvalue weighted by Crippen LogP contribution is -2.67. The number of hydrogen-bond acceptors (Lipinski definition) is 1. The van der Waals surface area contributed by atoms with Gasteiger partial charge in [-0.3, -0.25) is 0 Å². The summed E-state index contributed by atoms with van der Waals surface area (Å²) in [6.45, 7) is 2.45. The summed E-state index contributed by atoms with van der Waals surface area (Å²) in [5.41, 5.74) is 0. The van der Waals surface area contributed by atoms with Crippen molar-refractivity contribution in [1.29, 1.82) is 0 Å². The van der Waals surface area contributed by atoms with Crippen LogP contribution in [0.5, 0.6) is 0 Å². The maximum absolute atomic E-state index is 13.2. The Hall–Kier alpha value is -0.460. The van der Waals surface area contributed by atoms with Gasteiger partial charge in [-0.15, -0.1) is 0 Å². The molecule has 2 atom stereocenters. The third kappa shape index (κ3) is 1.51. The molecule has 1 N–H and O–H groups in total. The molecular weight excluding hydrogens is 238 g/mol. The number of alkyl halides is 6. The molecule has 0 aromatic heterocycles. The molecule has 0 amide bonds. The van der Waals surface area contributed by atoms with Crippen LogP contribution in [0, 0.1) is 11.8 Å². The highest BCUT2D eigenvalue weighted by Gasteiger charge is 2.79. The SMILES string of the molecule is CC(C)C1CC(O)C(F)(F)C(F)(F)C1(F)F. The number of aliphatic hydroxyl groups is 1. The van der Waals surface area contributed by atoms with Crippen LogP contribution in [0.25, 0.3) is 0 Å². The van der Waals surface area contributed by atoms with Gasteiger partial charge in [-0.1, -0.05) is 13.8 Å². The summed E-state index contributed by atoms with van der Waals surface area (Å²) >= 11 is 0. The van der Waals surface area contributed by atoms with Crippen molar-refractivity contribution in [2.45, 2.75) is 44.1 Å². The van der Waals surface area contributed by atoms with Gasteiger partial charge >= 0.3 is 17.8 Å². The van der Waals surface area contributed by atoms with E-state index in [0.29, 0.717) is 0 Å². The van der Waals surface area contributed by atoms with Gasteiger partial charge < -0.3 is 5.11 Å². The van der Waals surface area contributed by atoms with Gasteiger partial charge in [0.1, 0.15) is 6.10 Å². The second-order valence-electron chi connectivity index (χ2n) is 4.42. The fourth-order valence-corrected chi connectivity index (χ4v) is 1.89. The summed E-state index contributed by atoms with van der Waals surface area (Å²) in [6.07, 6.45) is -3.78. The number of aliphatic hydroxyl groups excluding tert-OH is 1. The first kappa shape index (κ1) is 13.6. The Bertz CT molecular complexity index is 275. The van der Waals surface area contributed by atoms with E-state index in [1.807, 2.05) is 0 Å². The molecule has 0 aromatic carbocycles. The minimum atomic E-state index is -5.52. The second-order valence-corrected chi connectivity index (χ2v) is 4.42. The van der Waals surface area contributed by atoms with Gasteiger partial charge in [0.15, 0.2) is 0 Å². The minimum Gasteiger partial charge on any atom is -0.387 e. The van der Waals surface area contributed by atoms with Crippen LogP contribution >= 0.6 is 0 Å². The van der Waals surface area contributed by atoms with Gasteiger partial charge in [-0.2, -0.15) is 26.3 Å². The van der Waals surface area contributed by atoms with Crippen molar-refractivity contribution in [3.05, 3.63) is 0 Å². The lowest BCUT2D eigenvalue weighted by atomic mass is 9.73. The molecule has 1 rings (SSSR count). The molecule has 1 saturated carbocycles. The number of rotatable bonds is 1. The molecule has 0 radical (unpaired) electrons. The van der Waals surface area contributed by atoms with Crippen LogP contribution in [-0.4, -0.2) is 29.0 Å². The Labute approximate surface area is 88.4 Å². The van der Waals surface area contributed by atoms with Crippen LogP contribution in [-0.2, 0) is 0 Å². The summed E-state index contributed by atoms with van der Waals surface area (Å²) in [5.74, 6) is -18.3. The normalized spacial score (nSPS) is 36.4. The summed E-state index contributed by atoms with van der Waals surface area (Å²) in [5, 5.41) is 8.86. The number of hydrogen-bond donors (Lipinski definition) is 1. The molecule has 1 aliphatic rings. The predicted octanol–water partition coefficient (Wildman–Crippen LogP) is 2.93. The van der Waals surface area contributed by atoms with Crippen molar-refractivity contribution in [3.8, 4) is 0 Å². The van der Waals surface area contributed by atoms with Gasteiger partial charge in [0.2, 0.25) is 0 Å². The van der Waals surface area contributed by atoms with E-state index in [0.717, 1.165) is 0 Å². The average Bonchev–Trinajstić information content (AvgIpc) is 2.10. The van der Waals surface area contributed by atoms with Crippen LogP contribution in [0.1, 0.15) is 20.3 Å². The van der Waals surface area contributed by atoms with Crippen LogP contribution in [0.4, 0.5) is 26.3 Å². The highest BCUT2D eigenvalue weighted by molar-refractivity contribution is 5.08. The van der Waals surface area contributed by atoms with Crippen LogP contribution in [0.3, 0.4) is 0 Å². The van der Waals surface area contributed by atoms with Gasteiger partial charge in [0.25, 0.3) is 0 Å². The number of halogens is 6. The molecule has 0 aromatic rings. The molecule has 7 heteroatoms. The predicted molar refractivity (Wildman–Crippen MR) is 43.8 cm³/mol. The highest BCUT2D eigenvalue weighted by atomic mass is 19.3. The first-order chi connectivity index (χ1) is 6.96. The van der Waals surface area contributed by atoms with E-state index in [1.165, 1.54) is 13.8 Å². The van der Waals surface area contributed by atoms with E-state index >= 15 is 0 Å². The lowest BCUT2D eigenvalue weighted by Gasteiger charge is -2.45. The fourth-order valence-electron chi connectivity index (χ4n) is 1.89. The largest absolute Gasteiger partial charge is 0.387 e. The fraction of sp³-hybridized carbons (Fsp3) is 1.00. The van der Waals surface area contributed by atoms with Crippen molar-refractivity contribution in [2.24, 2.45) is 11.8 Å². The molecule has 1 nitrogen and oxygen atoms in total. The Morgan fingerprint density at radius 1 is 1.00 bits per heavy atom. The summed E-state index contributed by atoms with van der Waals surface area (Å²) in [7, 11) is 0. The van der Waals surface area contributed by atoms with E-state index < -0.39 is 42.1 Å². The van der Waals surface area contributed by atoms with Gasteiger partial charge in [-0.25, -0.2) is 0 Å². The summed E-state index contributed by atoms with van der Waals surface area (Å²) in [4.78, 5) is 0. The average molecular weight is 250 g/mol. The molecule has 1 fully saturated rings. The molecule has 2 unspecified atom stereocenters. The minimum absolute atomic E-state index is 0.924. The van der Waals surface area contributed by atoms with Crippen molar-refractivity contribution >= 4 is 0 Å². The standard InChI is InChI=1S/C9H12F6O/c1-4(2)5-3-6(16)8(12,13)9(14,15)7(5,10)11/h4-6,16H,3H2,1-2H3. The van der Waals surface area contributed by atoms with Gasteiger partial charge in [0.05, 0.1) is 0 Å². The Morgan fingerprint density at radius 2 is 1.44 bits per heavy atom. The Morgan fingerprint density at radius 3 is 1.81 bits per heavy atom. The molecule has 0 aliphatic heterocycles. The third-order valence-electron chi connectivity index (χ3n) is 3.00. The van der Waals surface area contributed by atoms with Crippen molar-refractivity contribution in [3.63, 3.8) is 0 Å². The van der Waals surface area contributed by atoms with E-state index in [4.69, 9.17) is 5.11 Å². The smallest absolute Gasteiger partial charge is 0.374 e. The van der Waals surface area contributed by atoms with Crippen LogP contribution in [0.2, 0.25) is 0 Å². The monoisotopic (exact) mass is 250 g/mol. The lowest BCUT2D eigenvalue weighted by molar-refractivity contribution is -0.374. The molecule has 96 valence electrons. The molecule has 0 saturated heterocycles. The summed E-state index contributed by atoms with van der Waals surface area (Å²) < 4.78 is 78.0. The van der Waals surface area contributed by atoms with Gasteiger partial charge in [-0.05, 0) is 12.3 Å². The Kier molecular flexibility index (Phi) is 2.99. The zero-order valence-corrected chi connectivity index (χ0v) is 8.65. The first-order valence-corrected chi connectivity index (χ1v) is 4.77. The van der Waals surface area contributed by atoms with Gasteiger partial charge in [0, 0.05) is 5.92 Å². The third-order valence-corrected chi connectivity index (χ3v) is 3.00. The van der Waals surface area contributed by atoms with E-state index in [9.17, 15) is 26.3 Å². The highest BCUT2D eigenvalue weighted by Crippen LogP contribution is 2.57. The van der Waals surface area contributed by atoms with Crippen molar-refractivity contribution in [2.75, 3.05) is 0 Å². The van der Waals surface area contributed by atoms with E-state index in [2.05, 4.69) is 0 Å². The zero-order valence-electron chi connectivity index (χ0n) is 8.65. The molecule has 1 aliphatic carbocycles. The molecule has 0 spiro atoms. The van der Waals surface area contributed by atoms with Crippen molar-refractivity contribution in [1.82, 2.24) is 0 Å². The molecule has 16 heavy (non-hydrogen) atoms. The van der Waals surface area contributed by atoms with E-state index in [-0.39, 0.29) is 0 Å². The maximum Gasteiger partial charge on any atom is 0.374 e. The topological polar surface area (TPSA) is 20.2 Å². The zero-order chi connectivity index (χ0) is 12.9. The van der Waals surface area contributed by atoms with Crippen LogP contribution < -0.4 is 0 Å². The second kappa shape index (κ2) is 3.51. The quantitative estimate of drug-likeness (QED) is 0.709. The first-order valence-electron chi connectivity index (χ1n) is 4.77. The molecule has 0 heterocycles.